The summed E-state index contributed by atoms with van der Waals surface area (Å²) < 4.78 is 15.3. The number of non-ortho nitro benzene ring substituents is 1. The van der Waals surface area contributed by atoms with Gasteiger partial charge >= 0.3 is 5.97 Å². The SMILES string of the molecule is COc1cc([N+](=O)[O-])ccc1NC(=O)COC(=O)C(C)Oc1cccc(Cl)c1. The van der Waals surface area contributed by atoms with Crippen LogP contribution in [0.25, 0.3) is 0 Å². The normalized spacial score (nSPS) is 11.2. The van der Waals surface area contributed by atoms with E-state index >= 15 is 0 Å². The van der Waals surface area contributed by atoms with Gasteiger partial charge in [-0.1, -0.05) is 17.7 Å². The lowest BCUT2D eigenvalue weighted by molar-refractivity contribution is -0.384. The van der Waals surface area contributed by atoms with Crippen LogP contribution in [0, 0.1) is 10.1 Å². The van der Waals surface area contributed by atoms with Gasteiger partial charge in [0.05, 0.1) is 23.8 Å². The van der Waals surface area contributed by atoms with Gasteiger partial charge in [0, 0.05) is 11.1 Å². The fourth-order valence-corrected chi connectivity index (χ4v) is 2.31. The Kier molecular flexibility index (Phi) is 7.16. The molecular weight excluding hydrogens is 392 g/mol. The zero-order valence-electron chi connectivity index (χ0n) is 15.0. The van der Waals surface area contributed by atoms with Crippen molar-refractivity contribution in [3.63, 3.8) is 0 Å². The molecule has 2 aromatic rings. The Morgan fingerprint density at radius 2 is 2.00 bits per heavy atom. The third-order valence-electron chi connectivity index (χ3n) is 3.46. The molecule has 1 amide bonds. The lowest BCUT2D eigenvalue weighted by Gasteiger charge is -2.14. The summed E-state index contributed by atoms with van der Waals surface area (Å²) >= 11 is 5.84. The Labute approximate surface area is 165 Å². The van der Waals surface area contributed by atoms with Crippen molar-refractivity contribution in [2.24, 2.45) is 0 Å². The molecular formula is C18H17ClN2O7. The minimum atomic E-state index is -0.958. The van der Waals surface area contributed by atoms with Crippen molar-refractivity contribution in [2.45, 2.75) is 13.0 Å². The lowest BCUT2D eigenvalue weighted by Crippen LogP contribution is -2.29. The van der Waals surface area contributed by atoms with Gasteiger partial charge in [-0.25, -0.2) is 4.79 Å². The number of nitrogens with zero attached hydrogens (tertiary/aromatic N) is 1. The largest absolute Gasteiger partial charge is 0.494 e. The van der Waals surface area contributed by atoms with E-state index in [-0.39, 0.29) is 17.1 Å². The smallest absolute Gasteiger partial charge is 0.347 e. The summed E-state index contributed by atoms with van der Waals surface area (Å²) in [5.41, 5.74) is 0.0191. The molecule has 0 fully saturated rings. The van der Waals surface area contributed by atoms with Gasteiger partial charge in [0.1, 0.15) is 11.5 Å². The van der Waals surface area contributed by atoms with Crippen LogP contribution in [0.4, 0.5) is 11.4 Å². The van der Waals surface area contributed by atoms with Crippen molar-refractivity contribution in [3.05, 3.63) is 57.6 Å². The molecule has 0 aliphatic heterocycles. The van der Waals surface area contributed by atoms with Crippen molar-refractivity contribution in [1.82, 2.24) is 0 Å². The average molecular weight is 409 g/mol. The number of ether oxygens (including phenoxy) is 3. The van der Waals surface area contributed by atoms with E-state index in [0.717, 1.165) is 0 Å². The quantitative estimate of drug-likeness (QED) is 0.405. The molecule has 1 unspecified atom stereocenters. The number of carbonyl (C=O) groups is 2. The zero-order chi connectivity index (χ0) is 20.7. The van der Waals surface area contributed by atoms with Gasteiger partial charge in [-0.05, 0) is 31.2 Å². The third kappa shape index (κ3) is 5.85. The predicted octanol–water partition coefficient (Wildman–Crippen LogP) is 3.21. The second kappa shape index (κ2) is 9.56. The maximum atomic E-state index is 12.0. The van der Waals surface area contributed by atoms with Crippen LogP contribution >= 0.6 is 11.6 Å². The number of benzene rings is 2. The summed E-state index contributed by atoms with van der Waals surface area (Å²) in [4.78, 5) is 34.2. The number of nitro groups is 1. The number of amides is 1. The maximum Gasteiger partial charge on any atom is 0.347 e. The summed E-state index contributed by atoms with van der Waals surface area (Å²) in [6.45, 7) is 0.905. The van der Waals surface area contributed by atoms with Crippen LogP contribution in [0.1, 0.15) is 6.92 Å². The molecule has 0 radical (unpaired) electrons. The van der Waals surface area contributed by atoms with Crippen molar-refractivity contribution in [1.29, 1.82) is 0 Å². The first kappa shape index (κ1) is 21.0. The molecule has 2 aromatic carbocycles. The standard InChI is InChI=1S/C18H17ClN2O7/c1-11(28-14-5-3-4-12(19)8-14)18(23)27-10-17(22)20-15-7-6-13(21(24)25)9-16(15)26-2/h3-9,11H,10H2,1-2H3,(H,20,22). The number of nitrogens with one attached hydrogen (secondary N) is 1. The van der Waals surface area contributed by atoms with E-state index in [2.05, 4.69) is 5.32 Å². The number of nitro benzene ring substituents is 1. The van der Waals surface area contributed by atoms with Crippen LogP contribution < -0.4 is 14.8 Å². The highest BCUT2D eigenvalue weighted by Crippen LogP contribution is 2.28. The average Bonchev–Trinajstić information content (AvgIpc) is 2.66. The highest BCUT2D eigenvalue weighted by Gasteiger charge is 2.19. The van der Waals surface area contributed by atoms with Gasteiger partial charge in [0.15, 0.2) is 12.7 Å². The number of hydrogen-bond acceptors (Lipinski definition) is 7. The number of esters is 1. The number of rotatable bonds is 8. The molecule has 2 rings (SSSR count). The molecule has 0 spiro atoms. The first-order chi connectivity index (χ1) is 13.3. The van der Waals surface area contributed by atoms with Gasteiger partial charge in [-0.2, -0.15) is 0 Å². The van der Waals surface area contributed by atoms with Crippen LogP contribution in [0.5, 0.6) is 11.5 Å². The van der Waals surface area contributed by atoms with E-state index < -0.39 is 29.5 Å². The van der Waals surface area contributed by atoms with Gasteiger partial charge in [-0.15, -0.1) is 0 Å². The Morgan fingerprint density at radius 1 is 1.25 bits per heavy atom. The van der Waals surface area contributed by atoms with E-state index in [4.69, 9.17) is 25.8 Å². The van der Waals surface area contributed by atoms with Gasteiger partial charge in [0.2, 0.25) is 0 Å². The molecule has 0 saturated carbocycles. The summed E-state index contributed by atoms with van der Waals surface area (Å²) in [7, 11) is 1.31. The molecule has 1 N–H and O–H groups in total. The second-order valence-corrected chi connectivity index (χ2v) is 5.95. The molecule has 0 aromatic heterocycles. The van der Waals surface area contributed by atoms with Gasteiger partial charge in [-0.3, -0.25) is 14.9 Å². The fourth-order valence-electron chi connectivity index (χ4n) is 2.13. The van der Waals surface area contributed by atoms with Crippen molar-refractivity contribution in [2.75, 3.05) is 19.0 Å². The van der Waals surface area contributed by atoms with Crippen LogP contribution in [-0.2, 0) is 14.3 Å². The second-order valence-electron chi connectivity index (χ2n) is 5.52. The number of carbonyl (C=O) groups excluding carboxylic acids is 2. The molecule has 0 saturated heterocycles. The highest BCUT2D eigenvalue weighted by atomic mass is 35.5. The minimum Gasteiger partial charge on any atom is -0.494 e. The van der Waals surface area contributed by atoms with Crippen LogP contribution in [0.3, 0.4) is 0 Å². The van der Waals surface area contributed by atoms with E-state index in [1.165, 1.54) is 32.2 Å². The van der Waals surface area contributed by atoms with Crippen LogP contribution in [0.2, 0.25) is 5.02 Å². The molecule has 0 heterocycles. The molecule has 10 heteroatoms. The number of halogens is 1. The fraction of sp³-hybridized carbons (Fsp3) is 0.222. The first-order valence-corrected chi connectivity index (χ1v) is 8.39. The predicted molar refractivity (Wildman–Crippen MR) is 101 cm³/mol. The van der Waals surface area contributed by atoms with E-state index in [0.29, 0.717) is 10.8 Å². The maximum absolute atomic E-state index is 12.0. The monoisotopic (exact) mass is 408 g/mol. The summed E-state index contributed by atoms with van der Waals surface area (Å²) in [5.74, 6) is -0.898. The van der Waals surface area contributed by atoms with Crippen LogP contribution in [-0.4, -0.2) is 36.6 Å². The molecule has 0 aliphatic carbocycles. The Morgan fingerprint density at radius 3 is 2.64 bits per heavy atom. The van der Waals surface area contributed by atoms with Crippen LogP contribution in [0.15, 0.2) is 42.5 Å². The van der Waals surface area contributed by atoms with Gasteiger partial charge < -0.3 is 19.5 Å². The number of methoxy groups -OCH3 is 1. The van der Waals surface area contributed by atoms with Gasteiger partial charge in [0.25, 0.3) is 11.6 Å². The molecule has 1 atom stereocenters. The Balaban J connectivity index is 1.89. The Hall–Kier alpha value is -3.33. The third-order valence-corrected chi connectivity index (χ3v) is 3.69. The molecule has 9 nitrogen and oxygen atoms in total. The highest BCUT2D eigenvalue weighted by molar-refractivity contribution is 6.30. The van der Waals surface area contributed by atoms with E-state index in [1.807, 2.05) is 0 Å². The van der Waals surface area contributed by atoms with E-state index in [1.54, 1.807) is 24.3 Å². The topological polar surface area (TPSA) is 117 Å². The van der Waals surface area contributed by atoms with Crippen molar-refractivity contribution < 1.29 is 28.7 Å². The number of anilines is 1. The first-order valence-electron chi connectivity index (χ1n) is 8.01. The lowest BCUT2D eigenvalue weighted by atomic mass is 10.2. The summed E-state index contributed by atoms with van der Waals surface area (Å²) in [6, 6.07) is 10.2. The molecule has 28 heavy (non-hydrogen) atoms. The zero-order valence-corrected chi connectivity index (χ0v) is 15.8. The van der Waals surface area contributed by atoms with Crippen molar-refractivity contribution in [3.8, 4) is 11.5 Å². The number of hydrogen-bond donors (Lipinski definition) is 1. The van der Waals surface area contributed by atoms with Crippen molar-refractivity contribution >= 4 is 34.9 Å². The molecule has 0 aliphatic rings. The molecule has 148 valence electrons. The van der Waals surface area contributed by atoms with E-state index in [9.17, 15) is 19.7 Å². The Bertz CT molecular complexity index is 888. The molecule has 0 bridgehead atoms. The minimum absolute atomic E-state index is 0.103. The summed E-state index contributed by atoms with van der Waals surface area (Å²) in [6.07, 6.45) is -0.958. The summed E-state index contributed by atoms with van der Waals surface area (Å²) in [5, 5.41) is 13.7.